The second-order valence-corrected chi connectivity index (χ2v) is 8.32. The zero-order chi connectivity index (χ0) is 19.5. The Bertz CT molecular complexity index is 768. The fourth-order valence-corrected chi connectivity index (χ4v) is 4.75. The van der Waals surface area contributed by atoms with E-state index in [-0.39, 0.29) is 24.1 Å². The van der Waals surface area contributed by atoms with Gasteiger partial charge in [-0.1, -0.05) is 38.2 Å². The largest absolute Gasteiger partial charge is 0.384 e. The van der Waals surface area contributed by atoms with Crippen molar-refractivity contribution >= 4 is 23.4 Å². The molecule has 0 radical (unpaired) electrons. The summed E-state index contributed by atoms with van der Waals surface area (Å²) in [4.78, 5) is 38.2. The fraction of sp³-hybridized carbons (Fsp3) is 0.591. The molecule has 1 unspecified atom stereocenters. The minimum Gasteiger partial charge on any atom is -0.384 e. The third kappa shape index (κ3) is 3.91. The summed E-state index contributed by atoms with van der Waals surface area (Å²) in [6.07, 6.45) is 9.87. The van der Waals surface area contributed by atoms with Crippen molar-refractivity contribution in [2.75, 3.05) is 11.9 Å². The van der Waals surface area contributed by atoms with Crippen LogP contribution in [-0.2, 0) is 16.1 Å². The third-order valence-corrected chi connectivity index (χ3v) is 6.39. The van der Waals surface area contributed by atoms with Gasteiger partial charge >= 0.3 is 0 Å². The van der Waals surface area contributed by atoms with Crippen molar-refractivity contribution in [2.45, 2.75) is 70.4 Å². The highest BCUT2D eigenvalue weighted by molar-refractivity contribution is 6.06. The lowest BCUT2D eigenvalue weighted by molar-refractivity contribution is -0.136. The summed E-state index contributed by atoms with van der Waals surface area (Å²) in [5.74, 6) is -0.0491. The molecule has 0 aromatic heterocycles. The first-order valence-electron chi connectivity index (χ1n) is 10.6. The van der Waals surface area contributed by atoms with E-state index in [9.17, 15) is 14.4 Å². The molecule has 1 saturated carbocycles. The molecule has 1 saturated heterocycles. The average Bonchev–Trinajstić information content (AvgIpc) is 2.98. The number of hydrogen-bond acceptors (Lipinski definition) is 4. The molecule has 3 aliphatic rings. The van der Waals surface area contributed by atoms with Gasteiger partial charge in [0.15, 0.2) is 0 Å². The van der Waals surface area contributed by atoms with E-state index >= 15 is 0 Å². The number of piperidine rings is 1. The predicted octanol–water partition coefficient (Wildman–Crippen LogP) is 3.22. The van der Waals surface area contributed by atoms with Gasteiger partial charge in [-0.15, -0.1) is 0 Å². The molecule has 2 fully saturated rings. The standard InChI is InChI=1S/C22H29N3O3/c26-20-12-11-19(21(27)24-20)25-14-17-16(22(25)28)9-6-10-18(17)23-13-15-7-4-2-1-3-5-8-15/h6,9-10,15,19,23H,1-5,7-8,11-14H2,(H,24,26,27). The number of benzene rings is 1. The Hall–Kier alpha value is -2.37. The first-order chi connectivity index (χ1) is 13.6. The molecule has 0 bridgehead atoms. The fourth-order valence-electron chi connectivity index (χ4n) is 4.75. The van der Waals surface area contributed by atoms with Crippen LogP contribution >= 0.6 is 0 Å². The van der Waals surface area contributed by atoms with E-state index in [4.69, 9.17) is 0 Å². The van der Waals surface area contributed by atoms with Crippen molar-refractivity contribution in [1.29, 1.82) is 0 Å². The van der Waals surface area contributed by atoms with Crippen molar-refractivity contribution in [3.8, 4) is 0 Å². The molecule has 28 heavy (non-hydrogen) atoms. The van der Waals surface area contributed by atoms with Gasteiger partial charge in [-0.3, -0.25) is 19.7 Å². The van der Waals surface area contributed by atoms with E-state index in [1.54, 1.807) is 4.90 Å². The smallest absolute Gasteiger partial charge is 0.255 e. The number of amides is 3. The Kier molecular flexibility index (Phi) is 5.64. The van der Waals surface area contributed by atoms with Gasteiger partial charge in [0.25, 0.3) is 5.91 Å². The Morgan fingerprint density at radius 3 is 2.50 bits per heavy atom. The summed E-state index contributed by atoms with van der Waals surface area (Å²) in [6.45, 7) is 1.36. The molecule has 6 heteroatoms. The second kappa shape index (κ2) is 8.33. The molecule has 2 aliphatic heterocycles. The summed E-state index contributed by atoms with van der Waals surface area (Å²) < 4.78 is 0. The minimum atomic E-state index is -0.559. The lowest BCUT2D eigenvalue weighted by Gasteiger charge is -2.29. The first kappa shape index (κ1) is 19.0. The molecule has 4 rings (SSSR count). The van der Waals surface area contributed by atoms with Crippen LogP contribution in [0.3, 0.4) is 0 Å². The van der Waals surface area contributed by atoms with Crippen LogP contribution in [0.5, 0.6) is 0 Å². The first-order valence-corrected chi connectivity index (χ1v) is 10.6. The number of imide groups is 1. The van der Waals surface area contributed by atoms with Gasteiger partial charge in [-0.2, -0.15) is 0 Å². The van der Waals surface area contributed by atoms with Crippen molar-refractivity contribution in [3.63, 3.8) is 0 Å². The molecule has 1 atom stereocenters. The number of nitrogens with zero attached hydrogens (tertiary/aromatic N) is 1. The summed E-state index contributed by atoms with van der Waals surface area (Å²) in [5, 5.41) is 5.95. The maximum Gasteiger partial charge on any atom is 0.255 e. The van der Waals surface area contributed by atoms with Crippen LogP contribution in [0.2, 0.25) is 0 Å². The highest BCUT2D eigenvalue weighted by Gasteiger charge is 2.39. The Morgan fingerprint density at radius 1 is 1.00 bits per heavy atom. The van der Waals surface area contributed by atoms with Gasteiger partial charge in [0, 0.05) is 36.3 Å². The average molecular weight is 383 g/mol. The van der Waals surface area contributed by atoms with E-state index in [0.29, 0.717) is 24.4 Å². The van der Waals surface area contributed by atoms with Gasteiger partial charge in [0.1, 0.15) is 6.04 Å². The van der Waals surface area contributed by atoms with Crippen LogP contribution in [-0.4, -0.2) is 35.2 Å². The summed E-state index contributed by atoms with van der Waals surface area (Å²) in [5.41, 5.74) is 2.65. The van der Waals surface area contributed by atoms with Crippen LogP contribution in [0.4, 0.5) is 5.69 Å². The van der Waals surface area contributed by atoms with Gasteiger partial charge in [-0.25, -0.2) is 0 Å². The summed E-state index contributed by atoms with van der Waals surface area (Å²) in [7, 11) is 0. The minimum absolute atomic E-state index is 0.112. The monoisotopic (exact) mass is 383 g/mol. The molecule has 0 spiro atoms. The van der Waals surface area contributed by atoms with Gasteiger partial charge in [0.05, 0.1) is 0 Å². The number of hydrogen-bond donors (Lipinski definition) is 2. The lowest BCUT2D eigenvalue weighted by Crippen LogP contribution is -2.52. The van der Waals surface area contributed by atoms with E-state index in [0.717, 1.165) is 17.8 Å². The van der Waals surface area contributed by atoms with Crippen molar-refractivity contribution in [2.24, 2.45) is 5.92 Å². The molecular weight excluding hydrogens is 354 g/mol. The van der Waals surface area contributed by atoms with Crippen LogP contribution in [0.1, 0.15) is 73.7 Å². The van der Waals surface area contributed by atoms with Crippen molar-refractivity contribution in [3.05, 3.63) is 29.3 Å². The second-order valence-electron chi connectivity index (χ2n) is 8.32. The number of fused-ring (bicyclic) bond motifs is 1. The Labute approximate surface area is 166 Å². The van der Waals surface area contributed by atoms with Crippen LogP contribution < -0.4 is 10.6 Å². The molecule has 3 amide bonds. The predicted molar refractivity (Wildman–Crippen MR) is 107 cm³/mol. The van der Waals surface area contributed by atoms with E-state index < -0.39 is 6.04 Å². The number of rotatable bonds is 4. The highest BCUT2D eigenvalue weighted by atomic mass is 16.2. The van der Waals surface area contributed by atoms with Gasteiger partial charge < -0.3 is 10.2 Å². The number of anilines is 1. The zero-order valence-corrected chi connectivity index (χ0v) is 16.3. The molecular formula is C22H29N3O3. The van der Waals surface area contributed by atoms with E-state index in [2.05, 4.69) is 10.6 Å². The Balaban J connectivity index is 1.45. The lowest BCUT2D eigenvalue weighted by atomic mass is 9.91. The topological polar surface area (TPSA) is 78.5 Å². The molecule has 6 nitrogen and oxygen atoms in total. The zero-order valence-electron chi connectivity index (χ0n) is 16.3. The highest BCUT2D eigenvalue weighted by Crippen LogP contribution is 2.33. The molecule has 2 heterocycles. The van der Waals surface area contributed by atoms with E-state index in [1.165, 1.54) is 44.9 Å². The summed E-state index contributed by atoms with van der Waals surface area (Å²) >= 11 is 0. The van der Waals surface area contributed by atoms with Crippen LogP contribution in [0, 0.1) is 5.92 Å². The van der Waals surface area contributed by atoms with E-state index in [1.807, 2.05) is 18.2 Å². The van der Waals surface area contributed by atoms with Crippen molar-refractivity contribution < 1.29 is 14.4 Å². The molecule has 150 valence electrons. The Morgan fingerprint density at radius 2 is 1.75 bits per heavy atom. The molecule has 2 N–H and O–H groups in total. The number of nitrogens with one attached hydrogen (secondary N) is 2. The van der Waals surface area contributed by atoms with Crippen LogP contribution in [0.15, 0.2) is 18.2 Å². The summed E-state index contributed by atoms with van der Waals surface area (Å²) in [6, 6.07) is 5.22. The molecule has 1 aromatic rings. The molecule has 1 aromatic carbocycles. The maximum absolute atomic E-state index is 12.9. The SMILES string of the molecule is O=C1CCC(N2Cc3c(NCC4CCCCCCC4)cccc3C2=O)C(=O)N1. The maximum atomic E-state index is 12.9. The molecule has 1 aliphatic carbocycles. The normalized spacial score (nSPS) is 23.8. The van der Waals surface area contributed by atoms with Gasteiger partial charge in [-0.05, 0) is 37.3 Å². The quantitative estimate of drug-likeness (QED) is 0.783. The van der Waals surface area contributed by atoms with Crippen LogP contribution in [0.25, 0.3) is 0 Å². The third-order valence-electron chi connectivity index (χ3n) is 6.39. The van der Waals surface area contributed by atoms with Gasteiger partial charge in [0.2, 0.25) is 11.8 Å². The number of carbonyl (C=O) groups excluding carboxylic acids is 3. The number of carbonyl (C=O) groups is 3. The van der Waals surface area contributed by atoms with Crippen molar-refractivity contribution in [1.82, 2.24) is 10.2 Å².